The summed E-state index contributed by atoms with van der Waals surface area (Å²) in [5.74, 6) is -3.20. The normalized spacial score (nSPS) is 33.2. The van der Waals surface area contributed by atoms with Gasteiger partial charge in [0.1, 0.15) is 28.3 Å². The third-order valence-corrected chi connectivity index (χ3v) is 11.5. The van der Waals surface area contributed by atoms with Crippen LogP contribution in [0, 0.1) is 17.8 Å². The van der Waals surface area contributed by atoms with Gasteiger partial charge in [0, 0.05) is 36.0 Å². The molecule has 236 valence electrons. The number of carbonyl (C=O) groups excluding carboxylic acids is 3. The Labute approximate surface area is 274 Å². The quantitative estimate of drug-likeness (QED) is 0.453. The molecule has 1 aromatic carbocycles. The van der Waals surface area contributed by atoms with Gasteiger partial charge in [-0.15, -0.1) is 0 Å². The van der Waals surface area contributed by atoms with Crippen LogP contribution in [0.4, 0.5) is 0 Å². The first-order chi connectivity index (χ1) is 20.9. The molecule has 0 spiro atoms. The van der Waals surface area contributed by atoms with Crippen molar-refractivity contribution < 1.29 is 22.9 Å². The highest BCUT2D eigenvalue weighted by Crippen LogP contribution is 2.51. The number of ether oxygens (including phenoxy) is 1. The molecule has 0 bridgehead atoms. The van der Waals surface area contributed by atoms with E-state index in [4.69, 9.17) is 8.57 Å². The Hall–Kier alpha value is -2.25. The molecule has 1 aliphatic carbocycles. The zero-order valence-corrected chi connectivity index (χ0v) is 28.8. The molecule has 0 unspecified atom stereocenters. The van der Waals surface area contributed by atoms with Gasteiger partial charge in [-0.05, 0) is 77.3 Å². The highest BCUT2D eigenvalue weighted by atomic mass is 79.9. The maximum atomic E-state index is 14.7. The van der Waals surface area contributed by atoms with Crippen LogP contribution in [0.1, 0.15) is 58.1 Å². The minimum absolute atomic E-state index is 0.0869. The van der Waals surface area contributed by atoms with Crippen molar-refractivity contribution in [2.24, 2.45) is 17.8 Å². The number of benzene rings is 1. The molecule has 5 heterocycles. The van der Waals surface area contributed by atoms with E-state index in [1.54, 1.807) is 4.90 Å². The zero-order chi connectivity index (χ0) is 31.3. The third-order valence-electron chi connectivity index (χ3n) is 10.3. The molecule has 3 saturated heterocycles. The maximum absolute atomic E-state index is 14.7. The van der Waals surface area contributed by atoms with E-state index in [0.717, 1.165) is 34.1 Å². The van der Waals surface area contributed by atoms with Crippen LogP contribution < -0.4 is 5.32 Å². The fourth-order valence-corrected chi connectivity index (χ4v) is 9.24. The fourth-order valence-electron chi connectivity index (χ4n) is 8.22. The summed E-state index contributed by atoms with van der Waals surface area (Å²) in [6.07, 6.45) is 4.77. The van der Waals surface area contributed by atoms with E-state index in [9.17, 15) is 14.4 Å². The second-order valence-electron chi connectivity index (χ2n) is 13.7. The molecule has 4 aliphatic heterocycles. The highest BCUT2D eigenvalue weighted by Gasteiger charge is 2.73. The van der Waals surface area contributed by atoms with Crippen molar-refractivity contribution in [2.45, 2.75) is 83.1 Å². The number of fused-ring (bicyclic) bond motifs is 5. The van der Waals surface area contributed by atoms with Gasteiger partial charge in [-0.3, -0.25) is 32.7 Å². The van der Waals surface area contributed by atoms with Crippen LogP contribution in [0.15, 0.2) is 28.9 Å². The molecule has 0 radical (unpaired) electrons. The van der Waals surface area contributed by atoms with Gasteiger partial charge in [0.2, 0.25) is 17.5 Å². The predicted octanol–water partition coefficient (Wildman–Crippen LogP) is 4.53. The van der Waals surface area contributed by atoms with E-state index in [1.165, 1.54) is 15.8 Å². The van der Waals surface area contributed by atoms with Crippen LogP contribution in [0.2, 0.25) is 0 Å². The minimum Gasteiger partial charge on any atom is -0.349 e. The molecule has 7 rings (SSSR count). The number of H-pyrrole nitrogens is 1. The van der Waals surface area contributed by atoms with Crippen molar-refractivity contribution >= 4 is 66.4 Å². The number of carbonyl (C=O) groups is 3. The Morgan fingerprint density at radius 3 is 2.73 bits per heavy atom. The number of aromatic amines is 1. The number of hydrogen-bond donors (Lipinski definition) is 2. The summed E-state index contributed by atoms with van der Waals surface area (Å²) in [7, 11) is 2.05. The van der Waals surface area contributed by atoms with E-state index in [-0.39, 0.29) is 23.8 Å². The second-order valence-corrected chi connectivity index (χ2v) is 14.9. The molecule has 44 heavy (non-hydrogen) atoms. The molecule has 6 atom stereocenters. The number of nitrogens with zero attached hydrogens (tertiary/aromatic N) is 3. The Balaban J connectivity index is 1.26. The summed E-state index contributed by atoms with van der Waals surface area (Å²) in [5, 5.41) is 4.27. The van der Waals surface area contributed by atoms with Crippen LogP contribution in [-0.4, -0.2) is 87.3 Å². The molecule has 1 aromatic heterocycles. The van der Waals surface area contributed by atoms with Gasteiger partial charge in [0.05, 0.1) is 10.5 Å². The number of nitrogens with one attached hydrogen (secondary N) is 2. The first-order valence-corrected chi connectivity index (χ1v) is 17.0. The molecule has 3 amide bonds. The average molecular weight is 734 g/mol. The molecule has 2 aromatic rings. The maximum Gasteiger partial charge on any atom is 0.289 e. The van der Waals surface area contributed by atoms with Gasteiger partial charge in [0.15, 0.2) is 0 Å². The van der Waals surface area contributed by atoms with Crippen LogP contribution in [-0.2, 0) is 29.4 Å². The standard InChI is InChI=1S/C32H39Br2N5O5/c1-16(2)12-24-29(41)38-11-7-10-25(38)32(44-34)39(24)30(42)31(43-32,17(3)4)36-28(40)18-13-20-19-8-6-9-22-26(19)21(27(33)35-22)14-23(20)37(5)15-18/h6,8-9,13,16-18,23-25,35H,7,10-12,14-15H2,1-5H3,(H,36,40)/t18-,23-,24+,25+,31-,32+/m1/s1. The Kier molecular flexibility index (Phi) is 7.36. The third kappa shape index (κ3) is 4.16. The summed E-state index contributed by atoms with van der Waals surface area (Å²) in [5.41, 5.74) is 2.83. The van der Waals surface area contributed by atoms with Gasteiger partial charge in [0.25, 0.3) is 11.8 Å². The largest absolute Gasteiger partial charge is 0.349 e. The van der Waals surface area contributed by atoms with Gasteiger partial charge in [-0.25, -0.2) is 0 Å². The Bertz CT molecular complexity index is 1590. The molecule has 0 saturated carbocycles. The Morgan fingerprint density at radius 2 is 2.02 bits per heavy atom. The number of piperazine rings is 1. The Morgan fingerprint density at radius 1 is 1.25 bits per heavy atom. The lowest BCUT2D eigenvalue weighted by molar-refractivity contribution is -0.298. The molecule has 10 nitrogen and oxygen atoms in total. The van der Waals surface area contributed by atoms with Gasteiger partial charge < -0.3 is 15.2 Å². The lowest BCUT2D eigenvalue weighted by atomic mass is 9.79. The van der Waals surface area contributed by atoms with Crippen molar-refractivity contribution in [1.29, 1.82) is 0 Å². The van der Waals surface area contributed by atoms with E-state index in [0.29, 0.717) is 25.9 Å². The number of hydrogen-bond acceptors (Lipinski definition) is 6. The summed E-state index contributed by atoms with van der Waals surface area (Å²) in [4.78, 5) is 51.7. The number of amides is 3. The van der Waals surface area contributed by atoms with Crippen LogP contribution in [0.3, 0.4) is 0 Å². The molecule has 2 N–H and O–H groups in total. The van der Waals surface area contributed by atoms with Crippen LogP contribution in [0.25, 0.3) is 16.5 Å². The van der Waals surface area contributed by atoms with Gasteiger partial charge in [-0.1, -0.05) is 45.9 Å². The summed E-state index contributed by atoms with van der Waals surface area (Å²) in [6.45, 7) is 8.85. The fraction of sp³-hybridized carbons (Fsp3) is 0.594. The number of aromatic nitrogens is 1. The van der Waals surface area contributed by atoms with Crippen molar-refractivity contribution in [3.8, 4) is 0 Å². The number of halogens is 2. The summed E-state index contributed by atoms with van der Waals surface area (Å²) < 4.78 is 13.7. The lowest BCUT2D eigenvalue weighted by Gasteiger charge is -2.50. The zero-order valence-electron chi connectivity index (χ0n) is 25.7. The monoisotopic (exact) mass is 731 g/mol. The van der Waals surface area contributed by atoms with E-state index in [1.807, 2.05) is 40.8 Å². The lowest BCUT2D eigenvalue weighted by Crippen LogP contribution is -2.71. The second kappa shape index (κ2) is 10.7. The van der Waals surface area contributed by atoms with E-state index in [2.05, 4.69) is 65.6 Å². The molecule has 5 aliphatic rings. The number of likely N-dealkylation sites (N-methyl/N-ethyl adjacent to an activating group) is 1. The topological polar surface area (TPSA) is 107 Å². The van der Waals surface area contributed by atoms with E-state index < -0.39 is 41.5 Å². The van der Waals surface area contributed by atoms with Gasteiger partial charge >= 0.3 is 0 Å². The summed E-state index contributed by atoms with van der Waals surface area (Å²) in [6, 6.07) is 5.11. The van der Waals surface area contributed by atoms with Crippen LogP contribution >= 0.6 is 32.2 Å². The molecule has 12 heteroatoms. The smallest absolute Gasteiger partial charge is 0.289 e. The highest BCUT2D eigenvalue weighted by molar-refractivity contribution is 9.10. The molecular formula is C32H39Br2N5O5. The minimum atomic E-state index is -1.71. The summed E-state index contributed by atoms with van der Waals surface area (Å²) >= 11 is 6.93. The first kappa shape index (κ1) is 30.4. The van der Waals surface area contributed by atoms with Crippen molar-refractivity contribution in [3.63, 3.8) is 0 Å². The van der Waals surface area contributed by atoms with Crippen molar-refractivity contribution in [2.75, 3.05) is 20.1 Å². The number of rotatable bonds is 6. The predicted molar refractivity (Wildman–Crippen MR) is 172 cm³/mol. The molecular weight excluding hydrogens is 694 g/mol. The first-order valence-electron chi connectivity index (χ1n) is 15.6. The average Bonchev–Trinajstić information content (AvgIpc) is 3.67. The van der Waals surface area contributed by atoms with Crippen molar-refractivity contribution in [3.05, 3.63) is 40.0 Å². The van der Waals surface area contributed by atoms with Gasteiger partial charge in [-0.2, -0.15) is 0 Å². The molecule has 3 fully saturated rings. The van der Waals surface area contributed by atoms with E-state index >= 15 is 0 Å². The van der Waals surface area contributed by atoms with Crippen molar-refractivity contribution in [1.82, 2.24) is 25.0 Å². The van der Waals surface area contributed by atoms with Crippen LogP contribution in [0.5, 0.6) is 0 Å². The SMILES string of the molecule is CC(C)C[C@H]1C(=O)N2CCC[C@H]2[C@@]2(OBr)O[C@](NC(=O)[C@@H]3C=C4c5cccc6[nH]c(Br)c(c56)C[C@H]4N(C)C3)(C(C)C)C(=O)N12.